The first kappa shape index (κ1) is 16.2. The zero-order valence-electron chi connectivity index (χ0n) is 11.3. The Bertz CT molecular complexity index is 581. The number of nitrogens with one attached hydrogen (secondary N) is 1. The summed E-state index contributed by atoms with van der Waals surface area (Å²) in [5, 5.41) is 0. The van der Waals surface area contributed by atoms with Crippen LogP contribution in [0.25, 0.3) is 0 Å². The first-order valence-electron chi connectivity index (χ1n) is 6.57. The summed E-state index contributed by atoms with van der Waals surface area (Å²) in [6.07, 6.45) is 6.57. The minimum atomic E-state index is -3.60. The molecule has 2 atom stereocenters. The number of hydrogen-bond donors (Lipinski definition) is 1. The molecule has 0 saturated heterocycles. The van der Waals surface area contributed by atoms with Crippen molar-refractivity contribution in [1.29, 1.82) is 0 Å². The standard InChI is InChI=1S/C13H18BrClN2O2S/c1-10-3-2-4-13(6-10,9-15)17-20(18,19)12-5-11(14)7-16-8-12/h5,7-8,10,17H,2-4,6,9H2,1H3. The first-order valence-corrected chi connectivity index (χ1v) is 9.38. The Kier molecular flexibility index (Phi) is 5.10. The lowest BCUT2D eigenvalue weighted by Gasteiger charge is -2.38. The lowest BCUT2D eigenvalue weighted by atomic mass is 9.78. The maximum absolute atomic E-state index is 12.5. The summed E-state index contributed by atoms with van der Waals surface area (Å²) in [6.45, 7) is 2.13. The molecule has 1 fully saturated rings. The van der Waals surface area contributed by atoms with Crippen molar-refractivity contribution in [3.63, 3.8) is 0 Å². The quantitative estimate of drug-likeness (QED) is 0.814. The van der Waals surface area contributed by atoms with Crippen molar-refractivity contribution in [1.82, 2.24) is 9.71 Å². The number of pyridine rings is 1. The minimum absolute atomic E-state index is 0.162. The van der Waals surface area contributed by atoms with E-state index in [9.17, 15) is 8.42 Å². The van der Waals surface area contributed by atoms with Crippen LogP contribution in [0.3, 0.4) is 0 Å². The van der Waals surface area contributed by atoms with Crippen LogP contribution in [0.5, 0.6) is 0 Å². The molecule has 1 aromatic rings. The maximum Gasteiger partial charge on any atom is 0.242 e. The molecule has 2 unspecified atom stereocenters. The van der Waals surface area contributed by atoms with Crippen LogP contribution in [0, 0.1) is 5.92 Å². The molecule has 1 saturated carbocycles. The fraction of sp³-hybridized carbons (Fsp3) is 0.615. The number of rotatable bonds is 4. The largest absolute Gasteiger partial charge is 0.262 e. The van der Waals surface area contributed by atoms with Gasteiger partial charge in [-0.25, -0.2) is 13.1 Å². The normalized spacial score (nSPS) is 27.4. The number of hydrogen-bond acceptors (Lipinski definition) is 3. The molecule has 1 heterocycles. The van der Waals surface area contributed by atoms with Gasteiger partial charge in [0.05, 0.1) is 0 Å². The molecular formula is C13H18BrClN2O2S. The summed E-state index contributed by atoms with van der Waals surface area (Å²) < 4.78 is 28.4. The van der Waals surface area contributed by atoms with Crippen molar-refractivity contribution >= 4 is 37.6 Å². The van der Waals surface area contributed by atoms with Crippen molar-refractivity contribution < 1.29 is 8.42 Å². The molecular weight excluding hydrogens is 364 g/mol. The van der Waals surface area contributed by atoms with E-state index in [0.29, 0.717) is 10.4 Å². The zero-order chi connectivity index (χ0) is 14.8. The third-order valence-corrected chi connectivity index (χ3v) is 6.18. The van der Waals surface area contributed by atoms with Gasteiger partial charge in [0.15, 0.2) is 0 Å². The molecule has 1 N–H and O–H groups in total. The van der Waals surface area contributed by atoms with Crippen molar-refractivity contribution in [2.24, 2.45) is 5.92 Å². The van der Waals surface area contributed by atoms with E-state index in [0.717, 1.165) is 25.7 Å². The first-order chi connectivity index (χ1) is 9.37. The van der Waals surface area contributed by atoms with E-state index >= 15 is 0 Å². The van der Waals surface area contributed by atoms with Crippen molar-refractivity contribution in [2.45, 2.75) is 43.0 Å². The predicted octanol–water partition coefficient (Wildman–Crippen LogP) is 3.31. The highest BCUT2D eigenvalue weighted by Crippen LogP contribution is 2.34. The van der Waals surface area contributed by atoms with E-state index in [4.69, 9.17) is 11.6 Å². The summed E-state index contributed by atoms with van der Waals surface area (Å²) in [5.74, 6) is 0.767. The Morgan fingerprint density at radius 2 is 2.30 bits per heavy atom. The SMILES string of the molecule is CC1CCCC(CCl)(NS(=O)(=O)c2cncc(Br)c2)C1. The fourth-order valence-corrected chi connectivity index (χ4v) is 5.12. The molecule has 2 rings (SSSR count). The van der Waals surface area contributed by atoms with Crippen LogP contribution in [0.1, 0.15) is 32.6 Å². The summed E-state index contributed by atoms with van der Waals surface area (Å²) in [4.78, 5) is 4.07. The van der Waals surface area contributed by atoms with Gasteiger partial charge in [-0.15, -0.1) is 11.6 Å². The van der Waals surface area contributed by atoms with Gasteiger partial charge in [0.25, 0.3) is 0 Å². The highest BCUT2D eigenvalue weighted by atomic mass is 79.9. The Morgan fingerprint density at radius 1 is 1.55 bits per heavy atom. The molecule has 1 aliphatic carbocycles. The van der Waals surface area contributed by atoms with Gasteiger partial charge >= 0.3 is 0 Å². The number of halogens is 2. The van der Waals surface area contributed by atoms with Crippen LogP contribution in [0.15, 0.2) is 27.8 Å². The molecule has 20 heavy (non-hydrogen) atoms. The van der Waals surface area contributed by atoms with Gasteiger partial charge in [0.1, 0.15) is 4.90 Å². The van der Waals surface area contributed by atoms with Crippen LogP contribution in [0.2, 0.25) is 0 Å². The number of nitrogens with zero attached hydrogens (tertiary/aromatic N) is 1. The van der Waals surface area contributed by atoms with Crippen LogP contribution in [-0.2, 0) is 10.0 Å². The molecule has 1 aromatic heterocycles. The van der Waals surface area contributed by atoms with Gasteiger partial charge in [-0.05, 0) is 40.8 Å². The van der Waals surface area contributed by atoms with Gasteiger partial charge in [-0.2, -0.15) is 0 Å². The Morgan fingerprint density at radius 3 is 2.90 bits per heavy atom. The number of alkyl halides is 1. The predicted molar refractivity (Wildman–Crippen MR) is 83.3 cm³/mol. The van der Waals surface area contributed by atoms with E-state index in [-0.39, 0.29) is 10.8 Å². The van der Waals surface area contributed by atoms with Crippen LogP contribution < -0.4 is 4.72 Å². The molecule has 0 radical (unpaired) electrons. The highest BCUT2D eigenvalue weighted by Gasteiger charge is 2.38. The molecule has 0 aliphatic heterocycles. The van der Waals surface area contributed by atoms with Gasteiger partial charge < -0.3 is 0 Å². The molecule has 7 heteroatoms. The van der Waals surface area contributed by atoms with E-state index in [1.54, 1.807) is 12.3 Å². The average Bonchev–Trinajstić information content (AvgIpc) is 2.38. The van der Waals surface area contributed by atoms with Crippen molar-refractivity contribution in [3.05, 3.63) is 22.9 Å². The van der Waals surface area contributed by atoms with Gasteiger partial charge in [-0.3, -0.25) is 4.98 Å². The average molecular weight is 382 g/mol. The topological polar surface area (TPSA) is 59.1 Å². The fourth-order valence-electron chi connectivity index (χ4n) is 2.78. The molecule has 0 spiro atoms. The molecule has 4 nitrogen and oxygen atoms in total. The second-order valence-electron chi connectivity index (χ2n) is 5.56. The Hall–Kier alpha value is -0.170. The van der Waals surface area contributed by atoms with Gasteiger partial charge in [0.2, 0.25) is 10.0 Å². The van der Waals surface area contributed by atoms with Gasteiger partial charge in [-0.1, -0.05) is 19.8 Å². The van der Waals surface area contributed by atoms with Crippen molar-refractivity contribution in [2.75, 3.05) is 5.88 Å². The Balaban J connectivity index is 2.26. The second kappa shape index (κ2) is 6.30. The number of sulfonamides is 1. The molecule has 112 valence electrons. The summed E-state index contributed by atoms with van der Waals surface area (Å²) in [7, 11) is -3.60. The molecule has 0 bridgehead atoms. The van der Waals surface area contributed by atoms with Crippen LogP contribution in [0.4, 0.5) is 0 Å². The van der Waals surface area contributed by atoms with E-state index < -0.39 is 15.6 Å². The molecule has 0 amide bonds. The monoisotopic (exact) mass is 380 g/mol. The van der Waals surface area contributed by atoms with Crippen LogP contribution >= 0.6 is 27.5 Å². The van der Waals surface area contributed by atoms with E-state index in [1.807, 2.05) is 0 Å². The lowest BCUT2D eigenvalue weighted by molar-refractivity contribution is 0.239. The number of aromatic nitrogens is 1. The summed E-state index contributed by atoms with van der Waals surface area (Å²) in [6, 6.07) is 1.55. The van der Waals surface area contributed by atoms with Crippen molar-refractivity contribution in [3.8, 4) is 0 Å². The van der Waals surface area contributed by atoms with E-state index in [1.165, 1.54) is 6.20 Å². The Labute approximate surface area is 133 Å². The van der Waals surface area contributed by atoms with Crippen LogP contribution in [-0.4, -0.2) is 24.8 Å². The van der Waals surface area contributed by atoms with Gasteiger partial charge in [0, 0.05) is 28.3 Å². The molecule has 0 aromatic carbocycles. The molecule has 1 aliphatic rings. The summed E-state index contributed by atoms with van der Waals surface area (Å²) in [5.41, 5.74) is -0.541. The third-order valence-electron chi connectivity index (χ3n) is 3.69. The minimum Gasteiger partial charge on any atom is -0.262 e. The summed E-state index contributed by atoms with van der Waals surface area (Å²) >= 11 is 9.31. The highest BCUT2D eigenvalue weighted by molar-refractivity contribution is 9.10. The lowest BCUT2D eigenvalue weighted by Crippen LogP contribution is -2.52. The smallest absolute Gasteiger partial charge is 0.242 e. The second-order valence-corrected chi connectivity index (χ2v) is 8.43. The zero-order valence-corrected chi connectivity index (χ0v) is 14.4. The maximum atomic E-state index is 12.5. The van der Waals surface area contributed by atoms with E-state index in [2.05, 4.69) is 32.6 Å². The third kappa shape index (κ3) is 3.72.